The highest BCUT2D eigenvalue weighted by molar-refractivity contribution is 8.27. The summed E-state index contributed by atoms with van der Waals surface area (Å²) in [7, 11) is 0. The summed E-state index contributed by atoms with van der Waals surface area (Å²) in [5.41, 5.74) is 4.57. The number of nitrogens with zero attached hydrogens (tertiary/aromatic N) is 2. The van der Waals surface area contributed by atoms with Gasteiger partial charge in [0.1, 0.15) is 15.2 Å². The Hall–Kier alpha value is -2.36. The van der Waals surface area contributed by atoms with Crippen LogP contribution in [0.15, 0.2) is 44.8 Å². The van der Waals surface area contributed by atoms with Crippen molar-refractivity contribution in [2.45, 2.75) is 6.42 Å². The van der Waals surface area contributed by atoms with Crippen LogP contribution in [0.2, 0.25) is 0 Å². The molecule has 4 amide bonds. The minimum Gasteiger partial charge on any atom is -0.292 e. The average molecular weight is 581 g/mol. The molecule has 8 nitrogen and oxygen atoms in total. The molecular weight excluding hydrogens is 565 g/mol. The molecule has 2 aliphatic heterocycles. The van der Waals surface area contributed by atoms with Gasteiger partial charge in [-0.2, -0.15) is 0 Å². The number of hydrogen-bond donors (Lipinski definition) is 2. The predicted molar refractivity (Wildman–Crippen MR) is 149 cm³/mol. The van der Waals surface area contributed by atoms with Crippen LogP contribution in [0, 0.1) is 0 Å². The Kier molecular flexibility index (Phi) is 8.51. The molecule has 180 valence electrons. The predicted octanol–water partition coefficient (Wildman–Crippen LogP) is 3.45. The third-order valence-corrected chi connectivity index (χ3v) is 8.98. The first-order chi connectivity index (χ1) is 16.8. The molecule has 4 heterocycles. The number of carbonyl (C=O) groups excluding carboxylic acids is 4. The van der Waals surface area contributed by atoms with Gasteiger partial charge in [-0.05, 0) is 35.0 Å². The highest BCUT2D eigenvalue weighted by Crippen LogP contribution is 2.34. The molecule has 0 unspecified atom stereocenters. The molecule has 2 aromatic heterocycles. The molecule has 2 saturated heterocycles. The Balaban J connectivity index is 1.23. The fourth-order valence-electron chi connectivity index (χ4n) is 2.93. The van der Waals surface area contributed by atoms with Gasteiger partial charge in [-0.3, -0.25) is 39.8 Å². The van der Waals surface area contributed by atoms with Crippen molar-refractivity contribution in [2.24, 2.45) is 0 Å². The monoisotopic (exact) mass is 580 g/mol. The molecule has 0 aromatic carbocycles. The van der Waals surface area contributed by atoms with Crippen molar-refractivity contribution >= 4 is 115 Å². The van der Waals surface area contributed by atoms with E-state index in [0.717, 1.165) is 21.5 Å². The molecule has 14 heteroatoms. The fraction of sp³-hybridized carbons (Fsp3) is 0.143. The second kappa shape index (κ2) is 11.6. The smallest absolute Gasteiger partial charge is 0.266 e. The Bertz CT molecular complexity index is 1250. The first-order valence-electron chi connectivity index (χ1n) is 9.97. The molecule has 2 aliphatic rings. The van der Waals surface area contributed by atoms with Crippen LogP contribution in [0.1, 0.15) is 16.2 Å². The van der Waals surface area contributed by atoms with Crippen LogP contribution in [-0.4, -0.2) is 55.2 Å². The summed E-state index contributed by atoms with van der Waals surface area (Å²) in [6, 6.07) is 7.54. The maximum absolute atomic E-state index is 12.6. The summed E-state index contributed by atoms with van der Waals surface area (Å²) in [6.45, 7) is -0.245. The summed E-state index contributed by atoms with van der Waals surface area (Å²) in [4.78, 5) is 55.0. The highest BCUT2D eigenvalue weighted by atomic mass is 32.2. The van der Waals surface area contributed by atoms with Crippen LogP contribution < -0.4 is 10.9 Å². The molecule has 0 aliphatic carbocycles. The standard InChI is InChI=1S/C21H16N4O4S6/c26-16(5-6-24-18(28)14(34-20(24)30)9-12-3-1-7-32-12)22-23-17(27)11-25-19(29)15(35-21(25)31)10-13-4-2-8-33-13/h1-4,7-10H,5-6,11H2,(H,22,26)(H,23,27). The Morgan fingerprint density at radius 3 is 1.89 bits per heavy atom. The van der Waals surface area contributed by atoms with E-state index in [4.69, 9.17) is 24.4 Å². The Labute approximate surface area is 227 Å². The molecule has 0 atom stereocenters. The lowest BCUT2D eigenvalue weighted by molar-refractivity contribution is -0.131. The first kappa shape index (κ1) is 25.7. The number of thiocarbonyl (C=S) groups is 2. The van der Waals surface area contributed by atoms with Crippen molar-refractivity contribution in [3.63, 3.8) is 0 Å². The first-order valence-corrected chi connectivity index (χ1v) is 14.2. The SMILES string of the molecule is O=C(CCN1C(=O)C(=Cc2cccs2)SC1=S)NNC(=O)CN1C(=O)C(=Cc2cccs2)SC1=S. The lowest BCUT2D eigenvalue weighted by Gasteiger charge is -2.16. The van der Waals surface area contributed by atoms with E-state index in [1.165, 1.54) is 44.2 Å². The van der Waals surface area contributed by atoms with Gasteiger partial charge in [-0.1, -0.05) is 60.1 Å². The molecule has 2 N–H and O–H groups in total. The number of carbonyl (C=O) groups is 4. The molecule has 4 rings (SSSR count). The van der Waals surface area contributed by atoms with Gasteiger partial charge in [0.15, 0.2) is 0 Å². The zero-order chi connectivity index (χ0) is 24.9. The van der Waals surface area contributed by atoms with Gasteiger partial charge < -0.3 is 0 Å². The maximum atomic E-state index is 12.6. The van der Waals surface area contributed by atoms with Crippen molar-refractivity contribution in [2.75, 3.05) is 13.1 Å². The van der Waals surface area contributed by atoms with E-state index >= 15 is 0 Å². The molecule has 2 fully saturated rings. The Morgan fingerprint density at radius 1 is 0.829 bits per heavy atom. The van der Waals surface area contributed by atoms with E-state index < -0.39 is 11.8 Å². The molecule has 0 bridgehead atoms. The van der Waals surface area contributed by atoms with Crippen LogP contribution in [0.4, 0.5) is 0 Å². The summed E-state index contributed by atoms with van der Waals surface area (Å²) >= 11 is 15.8. The van der Waals surface area contributed by atoms with Crippen molar-refractivity contribution in [3.8, 4) is 0 Å². The molecule has 0 saturated carbocycles. The van der Waals surface area contributed by atoms with Gasteiger partial charge in [-0.15, -0.1) is 22.7 Å². The number of hydrogen-bond acceptors (Lipinski definition) is 10. The van der Waals surface area contributed by atoms with Crippen LogP contribution in [0.3, 0.4) is 0 Å². The molecule has 0 radical (unpaired) electrons. The quantitative estimate of drug-likeness (QED) is 0.292. The molecule has 2 aromatic rings. The number of rotatable bonds is 7. The summed E-state index contributed by atoms with van der Waals surface area (Å²) in [6.07, 6.45) is 3.43. The number of thiophene rings is 2. The number of nitrogens with one attached hydrogen (secondary N) is 2. The van der Waals surface area contributed by atoms with Gasteiger partial charge in [0.2, 0.25) is 5.91 Å². The topological polar surface area (TPSA) is 98.8 Å². The van der Waals surface area contributed by atoms with E-state index in [2.05, 4.69) is 10.9 Å². The maximum Gasteiger partial charge on any atom is 0.266 e. The lowest BCUT2D eigenvalue weighted by atomic mass is 10.3. The number of hydrazine groups is 1. The third-order valence-electron chi connectivity index (χ3n) is 4.59. The van der Waals surface area contributed by atoms with Crippen molar-refractivity contribution < 1.29 is 19.2 Å². The number of thioether (sulfide) groups is 2. The molecule has 35 heavy (non-hydrogen) atoms. The van der Waals surface area contributed by atoms with Gasteiger partial charge in [0.05, 0.1) is 9.81 Å². The zero-order valence-corrected chi connectivity index (χ0v) is 22.6. The highest BCUT2D eigenvalue weighted by Gasteiger charge is 2.34. The molecular formula is C21H16N4O4S6. The van der Waals surface area contributed by atoms with E-state index in [1.54, 1.807) is 12.2 Å². The molecule has 0 spiro atoms. The summed E-state index contributed by atoms with van der Waals surface area (Å²) in [5.74, 6) is -1.72. The van der Waals surface area contributed by atoms with Crippen molar-refractivity contribution in [1.82, 2.24) is 20.7 Å². The van der Waals surface area contributed by atoms with Crippen LogP contribution in [0.25, 0.3) is 12.2 Å². The van der Waals surface area contributed by atoms with Gasteiger partial charge in [0, 0.05) is 22.7 Å². The fourth-order valence-corrected chi connectivity index (χ4v) is 6.94. The van der Waals surface area contributed by atoms with Gasteiger partial charge in [-0.25, -0.2) is 0 Å². The second-order valence-electron chi connectivity index (χ2n) is 6.98. The van der Waals surface area contributed by atoms with Crippen LogP contribution >= 0.6 is 70.6 Å². The zero-order valence-electron chi connectivity index (χ0n) is 17.7. The summed E-state index contributed by atoms with van der Waals surface area (Å²) in [5, 5.41) is 3.81. The largest absolute Gasteiger partial charge is 0.292 e. The second-order valence-corrected chi connectivity index (χ2v) is 12.3. The van der Waals surface area contributed by atoms with Crippen molar-refractivity contribution in [3.05, 3.63) is 54.6 Å². The summed E-state index contributed by atoms with van der Waals surface area (Å²) < 4.78 is 0.642. The van der Waals surface area contributed by atoms with Crippen molar-refractivity contribution in [1.29, 1.82) is 0 Å². The minimum atomic E-state index is -0.600. The van der Waals surface area contributed by atoms with E-state index in [1.807, 2.05) is 35.0 Å². The Morgan fingerprint density at radius 2 is 1.34 bits per heavy atom. The van der Waals surface area contributed by atoms with E-state index in [-0.39, 0.29) is 35.6 Å². The van der Waals surface area contributed by atoms with E-state index in [0.29, 0.717) is 14.1 Å². The normalized spacial score (nSPS) is 18.3. The number of amides is 4. The van der Waals surface area contributed by atoms with Crippen LogP contribution in [-0.2, 0) is 19.2 Å². The van der Waals surface area contributed by atoms with Crippen LogP contribution in [0.5, 0.6) is 0 Å². The lowest BCUT2D eigenvalue weighted by Crippen LogP contribution is -2.48. The van der Waals surface area contributed by atoms with E-state index in [9.17, 15) is 19.2 Å². The third kappa shape index (κ3) is 6.45. The van der Waals surface area contributed by atoms with Gasteiger partial charge in [0.25, 0.3) is 17.7 Å². The van der Waals surface area contributed by atoms with Gasteiger partial charge >= 0.3 is 0 Å². The minimum absolute atomic E-state index is 0.0659. The average Bonchev–Trinajstić information content (AvgIpc) is 3.61.